The molecule has 0 aliphatic rings. The molecule has 0 aliphatic carbocycles. The lowest BCUT2D eigenvalue weighted by atomic mass is 9.93. The predicted molar refractivity (Wildman–Crippen MR) is 81.1 cm³/mol. The van der Waals surface area contributed by atoms with E-state index < -0.39 is 0 Å². The van der Waals surface area contributed by atoms with Gasteiger partial charge in [0.25, 0.3) is 0 Å². The molecular formula is C15H18ClNOS. The normalized spacial score (nSPS) is 11.6. The lowest BCUT2D eigenvalue weighted by molar-refractivity contribution is 0.305. The van der Waals surface area contributed by atoms with Gasteiger partial charge in [-0.15, -0.1) is 22.9 Å². The minimum absolute atomic E-state index is 0.0940. The van der Waals surface area contributed by atoms with Crippen molar-refractivity contribution in [2.24, 2.45) is 0 Å². The van der Waals surface area contributed by atoms with Gasteiger partial charge in [0, 0.05) is 16.7 Å². The number of rotatable bonds is 4. The Kier molecular flexibility index (Phi) is 4.48. The molecule has 0 radical (unpaired) electrons. The van der Waals surface area contributed by atoms with E-state index in [1.807, 2.05) is 24.3 Å². The number of ether oxygens (including phenoxy) is 1. The molecule has 0 bridgehead atoms. The predicted octanol–water partition coefficient (Wildman–Crippen LogP) is 4.76. The second-order valence-electron chi connectivity index (χ2n) is 5.44. The zero-order chi connectivity index (χ0) is 13.9. The number of thiazole rings is 1. The van der Waals surface area contributed by atoms with Gasteiger partial charge >= 0.3 is 0 Å². The van der Waals surface area contributed by atoms with Crippen LogP contribution >= 0.6 is 22.9 Å². The van der Waals surface area contributed by atoms with Gasteiger partial charge in [-0.2, -0.15) is 0 Å². The lowest BCUT2D eigenvalue weighted by Crippen LogP contribution is -2.11. The fourth-order valence-corrected chi connectivity index (χ4v) is 2.65. The highest BCUT2D eigenvalue weighted by Gasteiger charge is 2.17. The lowest BCUT2D eigenvalue weighted by Gasteiger charge is -2.14. The monoisotopic (exact) mass is 295 g/mol. The van der Waals surface area contributed by atoms with Crippen LogP contribution in [0.25, 0.3) is 0 Å². The van der Waals surface area contributed by atoms with E-state index in [9.17, 15) is 0 Å². The molecule has 0 unspecified atom stereocenters. The summed E-state index contributed by atoms with van der Waals surface area (Å²) in [6, 6.07) is 7.83. The summed E-state index contributed by atoms with van der Waals surface area (Å²) in [5, 5.41) is 3.11. The molecule has 0 atom stereocenters. The van der Waals surface area contributed by atoms with Gasteiger partial charge in [0.05, 0.1) is 5.69 Å². The third-order valence-corrected chi connectivity index (χ3v) is 3.89. The van der Waals surface area contributed by atoms with Crippen LogP contribution in [0.5, 0.6) is 5.75 Å². The number of halogens is 1. The second-order valence-corrected chi connectivity index (χ2v) is 6.65. The molecular weight excluding hydrogens is 278 g/mol. The number of hydrogen-bond acceptors (Lipinski definition) is 3. The molecule has 1 aromatic carbocycles. The minimum atomic E-state index is 0.0940. The molecule has 2 aromatic rings. The highest BCUT2D eigenvalue weighted by molar-refractivity contribution is 7.09. The van der Waals surface area contributed by atoms with Crippen molar-refractivity contribution in [3.63, 3.8) is 0 Å². The van der Waals surface area contributed by atoms with Gasteiger partial charge in [-0.25, -0.2) is 4.98 Å². The zero-order valence-corrected chi connectivity index (χ0v) is 13.0. The van der Waals surface area contributed by atoms with Crippen LogP contribution in [0.3, 0.4) is 0 Å². The summed E-state index contributed by atoms with van der Waals surface area (Å²) in [6.45, 7) is 7.01. The van der Waals surface area contributed by atoms with Crippen LogP contribution in [0.1, 0.15) is 37.0 Å². The van der Waals surface area contributed by atoms with Gasteiger partial charge in [-0.3, -0.25) is 0 Å². The first-order valence-electron chi connectivity index (χ1n) is 6.21. The van der Waals surface area contributed by atoms with E-state index in [0.29, 0.717) is 12.5 Å². The maximum Gasteiger partial charge on any atom is 0.140 e. The molecule has 0 fully saturated rings. The number of alkyl halides is 1. The number of aromatic nitrogens is 1. The van der Waals surface area contributed by atoms with Crippen molar-refractivity contribution < 1.29 is 4.74 Å². The highest BCUT2D eigenvalue weighted by atomic mass is 35.5. The molecule has 19 heavy (non-hydrogen) atoms. The Bertz CT molecular complexity index is 528. The third-order valence-electron chi connectivity index (χ3n) is 2.76. The van der Waals surface area contributed by atoms with Gasteiger partial charge in [0.15, 0.2) is 0 Å². The molecule has 0 saturated heterocycles. The van der Waals surface area contributed by atoms with E-state index in [2.05, 4.69) is 31.1 Å². The summed E-state index contributed by atoms with van der Waals surface area (Å²) in [6.07, 6.45) is 0. The van der Waals surface area contributed by atoms with Crippen molar-refractivity contribution in [2.75, 3.05) is 0 Å². The van der Waals surface area contributed by atoms with Crippen LogP contribution in [0.2, 0.25) is 0 Å². The summed E-state index contributed by atoms with van der Waals surface area (Å²) < 4.78 is 5.72. The molecule has 102 valence electrons. The Morgan fingerprint density at radius 3 is 2.42 bits per heavy atom. The number of benzene rings is 1. The van der Waals surface area contributed by atoms with Crippen LogP contribution in [-0.4, -0.2) is 4.98 Å². The SMILES string of the molecule is CC(C)(C)c1csc(COc2ccc(CCl)cc2)n1. The average molecular weight is 296 g/mol. The molecule has 0 aliphatic heterocycles. The molecule has 0 N–H and O–H groups in total. The van der Waals surface area contributed by atoms with Crippen LogP contribution in [0.15, 0.2) is 29.6 Å². The Hall–Kier alpha value is -1.06. The van der Waals surface area contributed by atoms with Gasteiger partial charge in [0.1, 0.15) is 17.4 Å². The zero-order valence-electron chi connectivity index (χ0n) is 11.4. The quantitative estimate of drug-likeness (QED) is 0.759. The van der Waals surface area contributed by atoms with Gasteiger partial charge in [0.2, 0.25) is 0 Å². The highest BCUT2D eigenvalue weighted by Crippen LogP contribution is 2.24. The van der Waals surface area contributed by atoms with Crippen LogP contribution < -0.4 is 4.74 Å². The standard InChI is InChI=1S/C15H18ClNOS/c1-15(2,3)13-10-19-14(17-13)9-18-12-6-4-11(8-16)5-7-12/h4-7,10H,8-9H2,1-3H3. The van der Waals surface area contributed by atoms with Crippen molar-refractivity contribution in [3.05, 3.63) is 45.9 Å². The van der Waals surface area contributed by atoms with Gasteiger partial charge in [-0.05, 0) is 17.7 Å². The van der Waals surface area contributed by atoms with E-state index in [1.165, 1.54) is 0 Å². The van der Waals surface area contributed by atoms with Crippen LogP contribution in [-0.2, 0) is 17.9 Å². The van der Waals surface area contributed by atoms with Crippen LogP contribution in [0.4, 0.5) is 0 Å². The Morgan fingerprint density at radius 2 is 1.89 bits per heavy atom. The Morgan fingerprint density at radius 1 is 1.21 bits per heavy atom. The van der Waals surface area contributed by atoms with Crippen molar-refractivity contribution in [3.8, 4) is 5.75 Å². The fourth-order valence-electron chi connectivity index (χ4n) is 1.54. The number of nitrogens with zero attached hydrogens (tertiary/aromatic N) is 1. The summed E-state index contributed by atoms with van der Waals surface area (Å²) in [4.78, 5) is 4.60. The second kappa shape index (κ2) is 5.93. The maximum absolute atomic E-state index is 5.75. The maximum atomic E-state index is 5.75. The molecule has 1 heterocycles. The largest absolute Gasteiger partial charge is 0.486 e. The van der Waals surface area contributed by atoms with Crippen molar-refractivity contribution in [1.82, 2.24) is 4.98 Å². The first-order valence-corrected chi connectivity index (χ1v) is 7.63. The summed E-state index contributed by atoms with van der Waals surface area (Å²) in [5.41, 5.74) is 2.31. The van der Waals surface area contributed by atoms with E-state index in [4.69, 9.17) is 16.3 Å². The first-order chi connectivity index (χ1) is 8.99. The van der Waals surface area contributed by atoms with E-state index in [1.54, 1.807) is 11.3 Å². The van der Waals surface area contributed by atoms with E-state index in [-0.39, 0.29) is 5.41 Å². The minimum Gasteiger partial charge on any atom is -0.486 e. The van der Waals surface area contributed by atoms with Crippen LogP contribution in [0, 0.1) is 0 Å². The van der Waals surface area contributed by atoms with E-state index in [0.717, 1.165) is 22.0 Å². The summed E-state index contributed by atoms with van der Waals surface area (Å²) in [5.74, 6) is 1.38. The topological polar surface area (TPSA) is 22.1 Å². The van der Waals surface area contributed by atoms with Gasteiger partial charge < -0.3 is 4.74 Å². The molecule has 0 amide bonds. The van der Waals surface area contributed by atoms with Crippen molar-refractivity contribution in [2.45, 2.75) is 38.7 Å². The molecule has 0 spiro atoms. The molecule has 2 rings (SSSR count). The Labute approximate surface area is 123 Å². The summed E-state index contributed by atoms with van der Waals surface area (Å²) >= 11 is 7.39. The fraction of sp³-hybridized carbons (Fsp3) is 0.400. The molecule has 0 saturated carbocycles. The number of hydrogen-bond donors (Lipinski definition) is 0. The van der Waals surface area contributed by atoms with E-state index >= 15 is 0 Å². The molecule has 2 nitrogen and oxygen atoms in total. The summed E-state index contributed by atoms with van der Waals surface area (Å²) in [7, 11) is 0. The Balaban J connectivity index is 1.96. The average Bonchev–Trinajstić information content (AvgIpc) is 2.86. The molecule has 1 aromatic heterocycles. The van der Waals surface area contributed by atoms with Gasteiger partial charge in [-0.1, -0.05) is 32.9 Å². The third kappa shape index (κ3) is 3.95. The smallest absolute Gasteiger partial charge is 0.140 e. The van der Waals surface area contributed by atoms with Crippen molar-refractivity contribution >= 4 is 22.9 Å². The molecule has 4 heteroatoms. The van der Waals surface area contributed by atoms with Crippen molar-refractivity contribution in [1.29, 1.82) is 0 Å². The first kappa shape index (κ1) is 14.4.